The number of benzene rings is 1. The van der Waals surface area contributed by atoms with Crippen LogP contribution in [0, 0.1) is 6.92 Å². The van der Waals surface area contributed by atoms with E-state index in [4.69, 9.17) is 27.9 Å². The molecule has 0 spiro atoms. The van der Waals surface area contributed by atoms with E-state index in [-0.39, 0.29) is 35.2 Å². The third kappa shape index (κ3) is 4.83. The van der Waals surface area contributed by atoms with Crippen LogP contribution in [-0.4, -0.2) is 29.6 Å². The Labute approximate surface area is 152 Å². The fourth-order valence-electron chi connectivity index (χ4n) is 1.90. The smallest absolute Gasteiger partial charge is 0.325 e. The number of rotatable bonds is 6. The van der Waals surface area contributed by atoms with Crippen LogP contribution in [0.2, 0.25) is 10.0 Å². The fraction of sp³-hybridized carbons (Fsp3) is 0.267. The molecule has 0 unspecified atom stereocenters. The fourth-order valence-corrected chi connectivity index (χ4v) is 3.15. The van der Waals surface area contributed by atoms with Crippen molar-refractivity contribution < 1.29 is 14.3 Å². The lowest BCUT2D eigenvalue weighted by Gasteiger charge is -2.08. The zero-order chi connectivity index (χ0) is 17.7. The van der Waals surface area contributed by atoms with E-state index < -0.39 is 11.9 Å². The number of halogens is 2. The normalized spacial score (nSPS) is 10.5. The van der Waals surface area contributed by atoms with Gasteiger partial charge in [0.1, 0.15) is 13.2 Å². The molecular weight excluding hydrogens is 375 g/mol. The number of esters is 1. The lowest BCUT2D eigenvalue weighted by atomic mass is 10.2. The van der Waals surface area contributed by atoms with Gasteiger partial charge in [0.15, 0.2) is 0 Å². The second-order valence-electron chi connectivity index (χ2n) is 4.82. The van der Waals surface area contributed by atoms with E-state index in [0.717, 1.165) is 17.0 Å². The summed E-state index contributed by atoms with van der Waals surface area (Å²) >= 11 is 12.8. The number of amides is 1. The minimum absolute atomic E-state index is 0.0495. The number of hydrogen-bond donors (Lipinski definition) is 1. The van der Waals surface area contributed by atoms with Crippen LogP contribution in [-0.2, 0) is 16.1 Å². The second-order valence-corrected chi connectivity index (χ2v) is 6.49. The molecule has 0 saturated heterocycles. The molecule has 0 aliphatic rings. The molecule has 9 heteroatoms. The van der Waals surface area contributed by atoms with E-state index in [1.165, 1.54) is 22.8 Å². The summed E-state index contributed by atoms with van der Waals surface area (Å²) in [6, 6.07) is 4.44. The Morgan fingerprint density at radius 2 is 2.08 bits per heavy atom. The minimum atomic E-state index is -0.602. The van der Waals surface area contributed by atoms with E-state index in [2.05, 4.69) is 5.32 Å². The van der Waals surface area contributed by atoms with Crippen molar-refractivity contribution in [1.82, 2.24) is 9.88 Å². The van der Waals surface area contributed by atoms with Gasteiger partial charge in [-0.25, -0.2) is 0 Å². The predicted molar refractivity (Wildman–Crippen MR) is 93.1 cm³/mol. The zero-order valence-electron chi connectivity index (χ0n) is 12.7. The standard InChI is InChI=1S/C15H14Cl2N2O4S/c1-9-8-24-15(22)19(9)4-5-23-13(20)7-18-14(21)11-3-2-10(16)6-12(11)17/h2-3,6,8H,4-5,7H2,1H3,(H,18,21). The topological polar surface area (TPSA) is 77.4 Å². The molecule has 6 nitrogen and oxygen atoms in total. The Bertz CT molecular complexity index is 816. The number of carbonyl (C=O) groups is 2. The number of aryl methyl sites for hydroxylation is 1. The molecule has 0 aliphatic carbocycles. The summed E-state index contributed by atoms with van der Waals surface area (Å²) in [7, 11) is 0. The van der Waals surface area contributed by atoms with Crippen LogP contribution < -0.4 is 10.2 Å². The van der Waals surface area contributed by atoms with Crippen LogP contribution in [0.3, 0.4) is 0 Å². The van der Waals surface area contributed by atoms with Gasteiger partial charge >= 0.3 is 10.8 Å². The molecule has 0 radical (unpaired) electrons. The summed E-state index contributed by atoms with van der Waals surface area (Å²) in [6.45, 7) is 1.83. The number of aromatic nitrogens is 1. The number of hydrogen-bond acceptors (Lipinski definition) is 5. The SMILES string of the molecule is Cc1csc(=O)n1CCOC(=O)CNC(=O)c1ccc(Cl)cc1Cl. The molecule has 2 aromatic rings. The van der Waals surface area contributed by atoms with E-state index >= 15 is 0 Å². The van der Waals surface area contributed by atoms with Crippen molar-refractivity contribution in [3.8, 4) is 0 Å². The average Bonchev–Trinajstić information content (AvgIpc) is 2.84. The highest BCUT2D eigenvalue weighted by Gasteiger charge is 2.13. The van der Waals surface area contributed by atoms with Crippen LogP contribution in [0.4, 0.5) is 0 Å². The zero-order valence-corrected chi connectivity index (χ0v) is 15.0. The van der Waals surface area contributed by atoms with Gasteiger partial charge in [-0.1, -0.05) is 34.5 Å². The Balaban J connectivity index is 1.78. The lowest BCUT2D eigenvalue weighted by Crippen LogP contribution is -2.31. The number of ether oxygens (including phenoxy) is 1. The number of thiazole rings is 1. The van der Waals surface area contributed by atoms with Gasteiger partial charge in [0, 0.05) is 16.1 Å². The van der Waals surface area contributed by atoms with Gasteiger partial charge in [0.2, 0.25) is 0 Å². The second kappa shape index (κ2) is 8.32. The van der Waals surface area contributed by atoms with Crippen LogP contribution >= 0.6 is 34.5 Å². The third-order valence-corrected chi connectivity index (χ3v) is 4.55. The first kappa shape index (κ1) is 18.5. The van der Waals surface area contributed by atoms with Crippen LogP contribution in [0.15, 0.2) is 28.4 Å². The largest absolute Gasteiger partial charge is 0.462 e. The molecule has 0 atom stereocenters. The Hall–Kier alpha value is -1.83. The molecule has 1 amide bonds. The number of nitrogens with one attached hydrogen (secondary N) is 1. The van der Waals surface area contributed by atoms with Gasteiger partial charge in [-0.15, -0.1) is 0 Å². The van der Waals surface area contributed by atoms with Crippen molar-refractivity contribution in [2.75, 3.05) is 13.2 Å². The van der Waals surface area contributed by atoms with Gasteiger partial charge < -0.3 is 10.1 Å². The summed E-state index contributed by atoms with van der Waals surface area (Å²) in [5, 5.41) is 4.76. The van der Waals surface area contributed by atoms with E-state index in [9.17, 15) is 14.4 Å². The van der Waals surface area contributed by atoms with Crippen molar-refractivity contribution in [3.63, 3.8) is 0 Å². The first-order valence-corrected chi connectivity index (χ1v) is 8.56. The first-order chi connectivity index (χ1) is 11.4. The molecular formula is C15H14Cl2N2O4S. The quantitative estimate of drug-likeness (QED) is 0.771. The van der Waals surface area contributed by atoms with E-state index in [0.29, 0.717) is 5.02 Å². The molecule has 1 aromatic heterocycles. The van der Waals surface area contributed by atoms with Crippen LogP contribution in [0.1, 0.15) is 16.1 Å². The highest BCUT2D eigenvalue weighted by Crippen LogP contribution is 2.20. The maximum absolute atomic E-state index is 11.9. The third-order valence-electron chi connectivity index (χ3n) is 3.12. The van der Waals surface area contributed by atoms with Gasteiger partial charge in [-0.3, -0.25) is 19.0 Å². The maximum Gasteiger partial charge on any atom is 0.325 e. The molecule has 2 rings (SSSR count). The molecule has 0 saturated carbocycles. The molecule has 1 heterocycles. The van der Waals surface area contributed by atoms with Gasteiger partial charge in [0.25, 0.3) is 5.91 Å². The lowest BCUT2D eigenvalue weighted by molar-refractivity contribution is -0.142. The summed E-state index contributed by atoms with van der Waals surface area (Å²) in [4.78, 5) is 35.0. The van der Waals surface area contributed by atoms with Crippen molar-refractivity contribution >= 4 is 46.4 Å². The maximum atomic E-state index is 11.9. The Morgan fingerprint density at radius 3 is 2.71 bits per heavy atom. The highest BCUT2D eigenvalue weighted by molar-refractivity contribution is 7.07. The van der Waals surface area contributed by atoms with Crippen LogP contribution in [0.25, 0.3) is 0 Å². The average molecular weight is 389 g/mol. The van der Waals surface area contributed by atoms with Gasteiger partial charge in [0.05, 0.1) is 17.1 Å². The summed E-state index contributed by atoms with van der Waals surface area (Å²) in [5.74, 6) is -1.10. The van der Waals surface area contributed by atoms with Crippen molar-refractivity contribution in [2.24, 2.45) is 0 Å². The van der Waals surface area contributed by atoms with E-state index in [1.807, 2.05) is 0 Å². The van der Waals surface area contributed by atoms with Crippen molar-refractivity contribution in [1.29, 1.82) is 0 Å². The van der Waals surface area contributed by atoms with Gasteiger partial charge in [-0.05, 0) is 25.1 Å². The molecule has 0 fully saturated rings. The molecule has 1 aromatic carbocycles. The predicted octanol–water partition coefficient (Wildman–Crippen LogP) is 2.50. The molecule has 1 N–H and O–H groups in total. The molecule has 0 bridgehead atoms. The summed E-state index contributed by atoms with van der Waals surface area (Å²) in [5.41, 5.74) is 1.03. The monoisotopic (exact) mass is 388 g/mol. The number of nitrogens with zero attached hydrogens (tertiary/aromatic N) is 1. The number of carbonyl (C=O) groups excluding carboxylic acids is 2. The highest BCUT2D eigenvalue weighted by atomic mass is 35.5. The van der Waals surface area contributed by atoms with Crippen LogP contribution in [0.5, 0.6) is 0 Å². The van der Waals surface area contributed by atoms with E-state index in [1.54, 1.807) is 12.3 Å². The Morgan fingerprint density at radius 1 is 1.33 bits per heavy atom. The summed E-state index contributed by atoms with van der Waals surface area (Å²) in [6.07, 6.45) is 0. The first-order valence-electron chi connectivity index (χ1n) is 6.92. The van der Waals surface area contributed by atoms with Crippen molar-refractivity contribution in [2.45, 2.75) is 13.5 Å². The van der Waals surface area contributed by atoms with Gasteiger partial charge in [-0.2, -0.15) is 0 Å². The van der Waals surface area contributed by atoms with Crippen molar-refractivity contribution in [3.05, 3.63) is 54.5 Å². The molecule has 128 valence electrons. The molecule has 0 aliphatic heterocycles. The Kier molecular flexibility index (Phi) is 6.42. The minimum Gasteiger partial charge on any atom is -0.462 e. The summed E-state index contributed by atoms with van der Waals surface area (Å²) < 4.78 is 6.52. The molecule has 24 heavy (non-hydrogen) atoms.